The Labute approximate surface area is 132 Å². The molecule has 0 amide bonds. The van der Waals surface area contributed by atoms with E-state index in [1.807, 2.05) is 0 Å². The van der Waals surface area contributed by atoms with Crippen LogP contribution in [0.5, 0.6) is 17.2 Å². The number of carboxylic acids is 1. The largest absolute Gasteiger partial charge is 0.506 e. The Hall–Kier alpha value is -2.96. The highest BCUT2D eigenvalue weighted by molar-refractivity contribution is 5.99. The maximum atomic E-state index is 12.4. The number of hydrogen-bond donors (Lipinski definition) is 2. The summed E-state index contributed by atoms with van der Waals surface area (Å²) in [5.74, 6) is -1.43. The zero-order valence-corrected chi connectivity index (χ0v) is 13.0. The molecule has 0 saturated heterocycles. The molecule has 0 spiro atoms. The second-order valence-electron chi connectivity index (χ2n) is 5.10. The van der Waals surface area contributed by atoms with Gasteiger partial charge in [0.1, 0.15) is 5.75 Å². The van der Waals surface area contributed by atoms with Crippen molar-refractivity contribution in [1.29, 1.82) is 0 Å². The van der Waals surface area contributed by atoms with Crippen molar-refractivity contribution in [1.82, 2.24) is 4.57 Å². The van der Waals surface area contributed by atoms with Crippen molar-refractivity contribution >= 4 is 16.9 Å². The molecular weight excluding hydrogens is 302 g/mol. The minimum Gasteiger partial charge on any atom is -0.506 e. The van der Waals surface area contributed by atoms with Gasteiger partial charge in [-0.05, 0) is 13.0 Å². The van der Waals surface area contributed by atoms with Gasteiger partial charge >= 0.3 is 5.97 Å². The number of aromatic nitrogens is 1. The van der Waals surface area contributed by atoms with Gasteiger partial charge in [0.25, 0.3) is 5.56 Å². The first-order chi connectivity index (χ1) is 10.8. The van der Waals surface area contributed by atoms with E-state index in [2.05, 4.69) is 6.58 Å². The van der Waals surface area contributed by atoms with Crippen molar-refractivity contribution in [3.05, 3.63) is 40.2 Å². The monoisotopic (exact) mass is 319 g/mol. The summed E-state index contributed by atoms with van der Waals surface area (Å²) in [5.41, 5.74) is -0.507. The molecule has 0 atom stereocenters. The summed E-state index contributed by atoms with van der Waals surface area (Å²) in [6.45, 7) is 5.58. The Balaban J connectivity index is 3.02. The normalized spacial score (nSPS) is 10.6. The third-order valence-corrected chi connectivity index (χ3v) is 3.39. The van der Waals surface area contributed by atoms with Crippen LogP contribution in [0.25, 0.3) is 10.9 Å². The van der Waals surface area contributed by atoms with E-state index >= 15 is 0 Å². The minimum absolute atomic E-state index is 0.116. The molecule has 1 heterocycles. The van der Waals surface area contributed by atoms with Gasteiger partial charge in [-0.25, -0.2) is 4.79 Å². The summed E-state index contributed by atoms with van der Waals surface area (Å²) in [4.78, 5) is 23.8. The predicted octanol–water partition coefficient (Wildman–Crippen LogP) is 2.00. The number of methoxy groups -OCH3 is 2. The number of benzene rings is 1. The van der Waals surface area contributed by atoms with Gasteiger partial charge in [0.05, 0.1) is 19.7 Å². The number of carboxylic acid groups (broad SMARTS) is 1. The number of carbonyl (C=O) groups is 1. The fourth-order valence-corrected chi connectivity index (χ4v) is 2.38. The number of rotatable bonds is 5. The smallest absolute Gasteiger partial charge is 0.345 e. The van der Waals surface area contributed by atoms with Crippen LogP contribution in [0, 0.1) is 0 Å². The summed E-state index contributed by atoms with van der Waals surface area (Å²) in [7, 11) is 2.86. The van der Waals surface area contributed by atoms with Crippen molar-refractivity contribution in [2.24, 2.45) is 0 Å². The van der Waals surface area contributed by atoms with E-state index in [4.69, 9.17) is 9.47 Å². The van der Waals surface area contributed by atoms with Gasteiger partial charge in [-0.15, -0.1) is 0 Å². The number of pyridine rings is 1. The Morgan fingerprint density at radius 2 is 1.83 bits per heavy atom. The van der Waals surface area contributed by atoms with E-state index in [9.17, 15) is 19.8 Å². The second kappa shape index (κ2) is 6.04. The molecular formula is C16H17NO6. The van der Waals surface area contributed by atoms with E-state index < -0.39 is 22.8 Å². The van der Waals surface area contributed by atoms with Crippen LogP contribution >= 0.6 is 0 Å². The molecule has 0 saturated carbocycles. The number of nitrogens with zero attached hydrogens (tertiary/aromatic N) is 1. The Bertz CT molecular complexity index is 865. The van der Waals surface area contributed by atoms with E-state index in [0.717, 1.165) is 0 Å². The van der Waals surface area contributed by atoms with Crippen LogP contribution in [0.1, 0.15) is 17.3 Å². The Kier molecular flexibility index (Phi) is 4.31. The highest BCUT2D eigenvalue weighted by atomic mass is 16.5. The van der Waals surface area contributed by atoms with Gasteiger partial charge < -0.3 is 24.3 Å². The molecule has 7 nitrogen and oxygen atoms in total. The van der Waals surface area contributed by atoms with Crippen LogP contribution < -0.4 is 15.0 Å². The molecule has 0 aliphatic carbocycles. The van der Waals surface area contributed by atoms with Crippen molar-refractivity contribution in [2.45, 2.75) is 13.5 Å². The average Bonchev–Trinajstić information content (AvgIpc) is 2.49. The summed E-state index contributed by atoms with van der Waals surface area (Å²) in [6.07, 6.45) is 0. The maximum absolute atomic E-state index is 12.4. The summed E-state index contributed by atoms with van der Waals surface area (Å²) in [6, 6.07) is 2.95. The van der Waals surface area contributed by atoms with Crippen LogP contribution in [0.2, 0.25) is 0 Å². The summed E-state index contributed by atoms with van der Waals surface area (Å²) < 4.78 is 11.6. The quantitative estimate of drug-likeness (QED) is 0.818. The fourth-order valence-electron chi connectivity index (χ4n) is 2.38. The second-order valence-corrected chi connectivity index (χ2v) is 5.10. The Morgan fingerprint density at radius 1 is 1.26 bits per heavy atom. The molecule has 2 rings (SSSR count). The molecule has 0 bridgehead atoms. The molecule has 23 heavy (non-hydrogen) atoms. The van der Waals surface area contributed by atoms with Gasteiger partial charge in [-0.3, -0.25) is 4.79 Å². The van der Waals surface area contributed by atoms with E-state index in [1.54, 1.807) is 6.92 Å². The zero-order valence-electron chi connectivity index (χ0n) is 13.0. The van der Waals surface area contributed by atoms with E-state index in [0.29, 0.717) is 22.6 Å². The first-order valence-corrected chi connectivity index (χ1v) is 6.71. The molecule has 0 aliphatic heterocycles. The third kappa shape index (κ3) is 2.73. The number of fused-ring (bicyclic) bond motifs is 1. The van der Waals surface area contributed by atoms with Gasteiger partial charge in [-0.2, -0.15) is 0 Å². The lowest BCUT2D eigenvalue weighted by Crippen LogP contribution is -2.27. The lowest BCUT2D eigenvalue weighted by atomic mass is 10.1. The molecule has 7 heteroatoms. The molecule has 1 aromatic carbocycles. The number of allylic oxidation sites excluding steroid dienone is 1. The van der Waals surface area contributed by atoms with Gasteiger partial charge in [0, 0.05) is 18.0 Å². The van der Waals surface area contributed by atoms with Gasteiger partial charge in [-0.1, -0.05) is 12.2 Å². The van der Waals surface area contributed by atoms with Crippen LogP contribution in [0.3, 0.4) is 0 Å². The molecule has 2 aromatic rings. The average molecular weight is 319 g/mol. The minimum atomic E-state index is -1.50. The zero-order chi connectivity index (χ0) is 17.3. The standard InChI is InChI=1S/C16H17NO6/c1-8(2)7-17-10-6-12(23-4)11(22-3)5-9(10)14(18)13(15(17)19)16(20)21/h5-6,18H,1,7H2,2-4H3,(H,20,21). The number of aromatic hydroxyl groups is 1. The number of aromatic carboxylic acids is 1. The summed E-state index contributed by atoms with van der Waals surface area (Å²) >= 11 is 0. The van der Waals surface area contributed by atoms with E-state index in [-0.39, 0.29) is 11.9 Å². The third-order valence-electron chi connectivity index (χ3n) is 3.39. The highest BCUT2D eigenvalue weighted by Gasteiger charge is 2.23. The topological polar surface area (TPSA) is 98.0 Å². The van der Waals surface area contributed by atoms with Crippen molar-refractivity contribution in [3.63, 3.8) is 0 Å². The molecule has 0 radical (unpaired) electrons. The van der Waals surface area contributed by atoms with Crippen molar-refractivity contribution < 1.29 is 24.5 Å². The molecule has 0 unspecified atom stereocenters. The Morgan fingerprint density at radius 3 is 2.30 bits per heavy atom. The van der Waals surface area contributed by atoms with Crippen LogP contribution in [0.15, 0.2) is 29.1 Å². The highest BCUT2D eigenvalue weighted by Crippen LogP contribution is 2.36. The fraction of sp³-hybridized carbons (Fsp3) is 0.250. The predicted molar refractivity (Wildman–Crippen MR) is 84.8 cm³/mol. The summed E-state index contributed by atoms with van der Waals surface area (Å²) in [5, 5.41) is 19.7. The lowest BCUT2D eigenvalue weighted by Gasteiger charge is -2.16. The van der Waals surface area contributed by atoms with Crippen molar-refractivity contribution in [2.75, 3.05) is 14.2 Å². The van der Waals surface area contributed by atoms with Crippen LogP contribution in [0.4, 0.5) is 0 Å². The molecule has 1 aromatic heterocycles. The SMILES string of the molecule is C=C(C)Cn1c(=O)c(C(=O)O)c(O)c2cc(OC)c(OC)cc21. The number of hydrogen-bond acceptors (Lipinski definition) is 5. The number of ether oxygens (including phenoxy) is 2. The first kappa shape index (κ1) is 16.4. The van der Waals surface area contributed by atoms with Crippen LogP contribution in [-0.2, 0) is 6.54 Å². The first-order valence-electron chi connectivity index (χ1n) is 6.71. The van der Waals surface area contributed by atoms with Crippen molar-refractivity contribution in [3.8, 4) is 17.2 Å². The van der Waals surface area contributed by atoms with Crippen LogP contribution in [-0.4, -0.2) is 35.0 Å². The van der Waals surface area contributed by atoms with Gasteiger partial charge in [0.2, 0.25) is 0 Å². The molecule has 122 valence electrons. The van der Waals surface area contributed by atoms with E-state index in [1.165, 1.54) is 30.9 Å². The molecule has 0 aliphatic rings. The van der Waals surface area contributed by atoms with Gasteiger partial charge in [0.15, 0.2) is 17.1 Å². The molecule has 0 fully saturated rings. The maximum Gasteiger partial charge on any atom is 0.345 e. The molecule has 2 N–H and O–H groups in total. The lowest BCUT2D eigenvalue weighted by molar-refractivity contribution is 0.0691.